The van der Waals surface area contributed by atoms with Gasteiger partial charge in [0.1, 0.15) is 6.54 Å². The van der Waals surface area contributed by atoms with Crippen LogP contribution in [0.1, 0.15) is 20.7 Å². The van der Waals surface area contributed by atoms with E-state index in [1.807, 2.05) is 18.2 Å². The fraction of sp³-hybridized carbons (Fsp3) is 0.100. The van der Waals surface area contributed by atoms with E-state index in [1.54, 1.807) is 35.6 Å². The third-order valence-electron chi connectivity index (χ3n) is 3.90. The van der Waals surface area contributed by atoms with E-state index in [0.717, 1.165) is 10.8 Å². The van der Waals surface area contributed by atoms with Crippen LogP contribution in [-0.4, -0.2) is 24.5 Å². The Morgan fingerprint density at radius 2 is 1.41 bits per heavy atom. The van der Waals surface area contributed by atoms with Crippen LogP contribution in [0.25, 0.3) is 10.8 Å². The van der Waals surface area contributed by atoms with Gasteiger partial charge in [-0.15, -0.1) is 0 Å². The maximum absolute atomic E-state index is 12.7. The Bertz CT molecular complexity index is 994. The molecule has 0 aromatic heterocycles. The van der Waals surface area contributed by atoms with Crippen molar-refractivity contribution in [2.75, 3.05) is 11.9 Å². The van der Waals surface area contributed by atoms with E-state index in [1.165, 1.54) is 18.2 Å². The fourth-order valence-electron chi connectivity index (χ4n) is 2.68. The standard InChI is InChI=1S/C20H15F3N2O2/c21-20(22,23)12-24-18(26)16-9-3-4-11-17(16)25-19(27)15-10-5-7-13-6-1-2-8-14(13)15/h1-11H,12H2,(H,24,26)(H,25,27). The Balaban J connectivity index is 1.85. The number of alkyl halides is 3. The number of amides is 2. The SMILES string of the molecule is O=C(NCC(F)(F)F)c1ccccc1NC(=O)c1cccc2ccccc12. The Labute approximate surface area is 153 Å². The highest BCUT2D eigenvalue weighted by Gasteiger charge is 2.28. The number of fused-ring (bicyclic) bond motifs is 1. The van der Waals surface area contributed by atoms with Crippen LogP contribution in [0.5, 0.6) is 0 Å². The summed E-state index contributed by atoms with van der Waals surface area (Å²) in [6.45, 7) is -1.45. The molecule has 7 heteroatoms. The summed E-state index contributed by atoms with van der Waals surface area (Å²) < 4.78 is 37.0. The molecule has 0 atom stereocenters. The zero-order valence-electron chi connectivity index (χ0n) is 14.0. The lowest BCUT2D eigenvalue weighted by Gasteiger charge is -2.13. The van der Waals surface area contributed by atoms with Crippen molar-refractivity contribution in [1.82, 2.24) is 5.32 Å². The molecular formula is C20H15F3N2O2. The second-order valence-corrected chi connectivity index (χ2v) is 5.82. The van der Waals surface area contributed by atoms with Gasteiger partial charge in [0.2, 0.25) is 0 Å². The van der Waals surface area contributed by atoms with E-state index >= 15 is 0 Å². The average molecular weight is 372 g/mol. The van der Waals surface area contributed by atoms with Crippen LogP contribution in [0.15, 0.2) is 66.7 Å². The highest BCUT2D eigenvalue weighted by molar-refractivity contribution is 6.14. The van der Waals surface area contributed by atoms with Crippen molar-refractivity contribution in [2.45, 2.75) is 6.18 Å². The van der Waals surface area contributed by atoms with Crippen LogP contribution in [-0.2, 0) is 0 Å². The van der Waals surface area contributed by atoms with Crippen LogP contribution in [0.2, 0.25) is 0 Å². The van der Waals surface area contributed by atoms with Gasteiger partial charge in [0, 0.05) is 5.56 Å². The number of carbonyl (C=O) groups excluding carboxylic acids is 2. The summed E-state index contributed by atoms with van der Waals surface area (Å²) in [4.78, 5) is 24.8. The number of hydrogen-bond acceptors (Lipinski definition) is 2. The predicted octanol–water partition coefficient (Wildman–Crippen LogP) is 4.38. The number of carbonyl (C=O) groups is 2. The first-order chi connectivity index (χ1) is 12.8. The number of rotatable bonds is 4. The molecule has 3 aromatic rings. The van der Waals surface area contributed by atoms with Crippen molar-refractivity contribution in [3.05, 3.63) is 77.9 Å². The zero-order valence-corrected chi connectivity index (χ0v) is 14.0. The van der Waals surface area contributed by atoms with Gasteiger partial charge in [-0.3, -0.25) is 9.59 Å². The number of para-hydroxylation sites is 1. The van der Waals surface area contributed by atoms with Gasteiger partial charge in [-0.1, -0.05) is 48.5 Å². The van der Waals surface area contributed by atoms with E-state index in [-0.39, 0.29) is 11.3 Å². The Kier molecular flexibility index (Phi) is 5.12. The van der Waals surface area contributed by atoms with Crippen molar-refractivity contribution in [3.63, 3.8) is 0 Å². The summed E-state index contributed by atoms with van der Waals surface area (Å²) in [5.41, 5.74) is 0.490. The molecule has 0 heterocycles. The molecule has 4 nitrogen and oxygen atoms in total. The van der Waals surface area contributed by atoms with Crippen LogP contribution < -0.4 is 10.6 Å². The van der Waals surface area contributed by atoms with Crippen molar-refractivity contribution in [3.8, 4) is 0 Å². The second-order valence-electron chi connectivity index (χ2n) is 5.82. The molecule has 0 spiro atoms. The van der Waals surface area contributed by atoms with Gasteiger partial charge in [-0.05, 0) is 29.0 Å². The molecule has 0 radical (unpaired) electrons. The summed E-state index contributed by atoms with van der Waals surface area (Å²) in [5, 5.41) is 6.03. The zero-order chi connectivity index (χ0) is 19.4. The maximum Gasteiger partial charge on any atom is 0.405 e. The summed E-state index contributed by atoms with van der Waals surface area (Å²) in [5.74, 6) is -1.37. The Morgan fingerprint density at radius 1 is 0.778 bits per heavy atom. The molecule has 0 aliphatic carbocycles. The van der Waals surface area contributed by atoms with E-state index in [0.29, 0.717) is 5.56 Å². The second kappa shape index (κ2) is 7.49. The summed E-state index contributed by atoms with van der Waals surface area (Å²) in [6.07, 6.45) is -4.52. The smallest absolute Gasteiger partial charge is 0.343 e. The van der Waals surface area contributed by atoms with Gasteiger partial charge in [0.15, 0.2) is 0 Å². The van der Waals surface area contributed by atoms with E-state index in [2.05, 4.69) is 5.32 Å². The molecular weight excluding hydrogens is 357 g/mol. The molecule has 2 N–H and O–H groups in total. The summed E-state index contributed by atoms with van der Waals surface area (Å²) >= 11 is 0. The predicted molar refractivity (Wildman–Crippen MR) is 96.7 cm³/mol. The van der Waals surface area contributed by atoms with E-state index < -0.39 is 24.5 Å². The van der Waals surface area contributed by atoms with Crippen LogP contribution >= 0.6 is 0 Å². The molecule has 3 rings (SSSR count). The first-order valence-electron chi connectivity index (χ1n) is 8.08. The minimum absolute atomic E-state index is 0.0460. The van der Waals surface area contributed by atoms with E-state index in [4.69, 9.17) is 0 Å². The molecule has 0 saturated heterocycles. The van der Waals surface area contributed by atoms with Gasteiger partial charge in [0.05, 0.1) is 11.3 Å². The fourth-order valence-corrected chi connectivity index (χ4v) is 2.68. The molecule has 3 aromatic carbocycles. The minimum Gasteiger partial charge on any atom is -0.343 e. The average Bonchev–Trinajstić information content (AvgIpc) is 2.65. The molecule has 0 unspecified atom stereocenters. The first-order valence-corrected chi connectivity index (χ1v) is 8.08. The van der Waals surface area contributed by atoms with Crippen molar-refractivity contribution in [1.29, 1.82) is 0 Å². The van der Waals surface area contributed by atoms with Crippen molar-refractivity contribution >= 4 is 28.3 Å². The maximum atomic E-state index is 12.7. The third-order valence-corrected chi connectivity index (χ3v) is 3.90. The lowest BCUT2D eigenvalue weighted by atomic mass is 10.0. The van der Waals surface area contributed by atoms with Gasteiger partial charge in [-0.2, -0.15) is 13.2 Å². The highest BCUT2D eigenvalue weighted by Crippen LogP contribution is 2.22. The van der Waals surface area contributed by atoms with Gasteiger partial charge in [-0.25, -0.2) is 0 Å². The topological polar surface area (TPSA) is 58.2 Å². The van der Waals surface area contributed by atoms with Gasteiger partial charge in [0.25, 0.3) is 11.8 Å². The number of benzene rings is 3. The van der Waals surface area contributed by atoms with E-state index in [9.17, 15) is 22.8 Å². The normalized spacial score (nSPS) is 11.2. The molecule has 0 aliphatic heterocycles. The number of anilines is 1. The Hall–Kier alpha value is -3.35. The molecule has 0 fully saturated rings. The lowest BCUT2D eigenvalue weighted by molar-refractivity contribution is -0.123. The Morgan fingerprint density at radius 3 is 2.19 bits per heavy atom. The molecule has 27 heavy (non-hydrogen) atoms. The first kappa shape index (κ1) is 18.4. The van der Waals surface area contributed by atoms with Gasteiger partial charge >= 0.3 is 6.18 Å². The molecule has 0 bridgehead atoms. The third kappa shape index (κ3) is 4.44. The minimum atomic E-state index is -4.52. The van der Waals surface area contributed by atoms with Gasteiger partial charge < -0.3 is 10.6 Å². The number of hydrogen-bond donors (Lipinski definition) is 2. The molecule has 0 saturated carbocycles. The molecule has 138 valence electrons. The summed E-state index contributed by atoms with van der Waals surface area (Å²) in [7, 11) is 0. The number of nitrogens with one attached hydrogen (secondary N) is 2. The summed E-state index contributed by atoms with van der Waals surface area (Å²) in [6, 6.07) is 18.5. The largest absolute Gasteiger partial charge is 0.405 e. The molecule has 2 amide bonds. The quantitative estimate of drug-likeness (QED) is 0.714. The van der Waals surface area contributed by atoms with Crippen LogP contribution in [0.3, 0.4) is 0 Å². The highest BCUT2D eigenvalue weighted by atomic mass is 19.4. The van der Waals surface area contributed by atoms with Crippen molar-refractivity contribution < 1.29 is 22.8 Å². The monoisotopic (exact) mass is 372 g/mol. The van der Waals surface area contributed by atoms with Crippen LogP contribution in [0, 0.1) is 0 Å². The molecule has 0 aliphatic rings. The number of halogens is 3. The van der Waals surface area contributed by atoms with Crippen LogP contribution in [0.4, 0.5) is 18.9 Å². The van der Waals surface area contributed by atoms with Crippen molar-refractivity contribution in [2.24, 2.45) is 0 Å². The lowest BCUT2D eigenvalue weighted by Crippen LogP contribution is -2.34.